The molecular weight excluding hydrogens is 789 g/mol. The first-order chi connectivity index (χ1) is 32.2. The van der Waals surface area contributed by atoms with E-state index in [1.165, 1.54) is 65.6 Å². The van der Waals surface area contributed by atoms with Crippen LogP contribution < -0.4 is 4.90 Å². The van der Waals surface area contributed by atoms with Gasteiger partial charge in [-0.1, -0.05) is 164 Å². The molecule has 0 spiro atoms. The molecule has 0 aliphatic rings. The molecule has 3 nitrogen and oxygen atoms in total. The van der Waals surface area contributed by atoms with Crippen molar-refractivity contribution in [2.24, 2.45) is 0 Å². The maximum Gasteiger partial charge on any atom is 0.136 e. The van der Waals surface area contributed by atoms with E-state index in [0.29, 0.717) is 0 Å². The van der Waals surface area contributed by atoms with Gasteiger partial charge < -0.3 is 13.9 Å². The Bertz CT molecular complexity index is 3880. The van der Waals surface area contributed by atoms with E-state index in [0.717, 1.165) is 55.8 Å². The average Bonchev–Trinajstić information content (AvgIpc) is 3.92. The Morgan fingerprint density at radius 1 is 0.277 bits per heavy atom. The summed E-state index contributed by atoms with van der Waals surface area (Å²) in [6, 6.07) is 87.8. The Kier molecular flexibility index (Phi) is 8.53. The Hall–Kier alpha value is -8.66. The standard InChI is InChI=1S/C62H40N2O/c1-2-13-53-45(10-1)24-25-46-30-36-52(40-58(46)53)63(50-34-28-44(29-35-50)48-31-37-57-56-16-5-8-19-61(56)65-62(57)39-48)49-32-26-42(27-33-49)41-20-22-43(23-21-41)47-11-9-12-51(38-47)64-59-17-6-3-14-54(59)55-15-4-7-18-60(55)64/h1-40H. The molecule has 0 fully saturated rings. The van der Waals surface area contributed by atoms with E-state index < -0.39 is 0 Å². The molecule has 0 bridgehead atoms. The molecule has 0 radical (unpaired) electrons. The van der Waals surface area contributed by atoms with Gasteiger partial charge in [0.25, 0.3) is 0 Å². The van der Waals surface area contributed by atoms with Crippen molar-refractivity contribution in [3.05, 3.63) is 243 Å². The van der Waals surface area contributed by atoms with E-state index in [2.05, 4.69) is 240 Å². The maximum atomic E-state index is 6.26. The molecule has 304 valence electrons. The minimum atomic E-state index is 0.900. The van der Waals surface area contributed by atoms with Crippen LogP contribution in [0.25, 0.3) is 104 Å². The summed E-state index contributed by atoms with van der Waals surface area (Å²) in [5, 5.41) is 9.76. The zero-order valence-corrected chi connectivity index (χ0v) is 35.4. The number of nitrogens with zero attached hydrogens (tertiary/aromatic N) is 2. The van der Waals surface area contributed by atoms with Crippen molar-refractivity contribution < 1.29 is 4.42 Å². The third kappa shape index (κ3) is 6.28. The topological polar surface area (TPSA) is 21.3 Å². The lowest BCUT2D eigenvalue weighted by molar-refractivity contribution is 0.669. The van der Waals surface area contributed by atoms with Crippen LogP contribution >= 0.6 is 0 Å². The highest BCUT2D eigenvalue weighted by molar-refractivity contribution is 6.10. The van der Waals surface area contributed by atoms with E-state index in [9.17, 15) is 0 Å². The predicted molar refractivity (Wildman–Crippen MR) is 274 cm³/mol. The first-order valence-electron chi connectivity index (χ1n) is 22.2. The van der Waals surface area contributed by atoms with Gasteiger partial charge in [-0.3, -0.25) is 0 Å². The van der Waals surface area contributed by atoms with Crippen molar-refractivity contribution in [1.82, 2.24) is 4.57 Å². The van der Waals surface area contributed by atoms with Crippen LogP contribution in [0.3, 0.4) is 0 Å². The van der Waals surface area contributed by atoms with Gasteiger partial charge in [-0.05, 0) is 134 Å². The molecule has 0 saturated heterocycles. The minimum absolute atomic E-state index is 0.900. The second-order valence-corrected chi connectivity index (χ2v) is 16.9. The fourth-order valence-corrected chi connectivity index (χ4v) is 9.97. The summed E-state index contributed by atoms with van der Waals surface area (Å²) in [5.41, 5.74) is 15.6. The smallest absolute Gasteiger partial charge is 0.136 e. The number of anilines is 3. The zero-order chi connectivity index (χ0) is 42.8. The molecule has 0 unspecified atom stereocenters. The van der Waals surface area contributed by atoms with Crippen LogP contribution in [-0.2, 0) is 0 Å². The molecule has 2 heterocycles. The van der Waals surface area contributed by atoms with Gasteiger partial charge in [-0.25, -0.2) is 0 Å². The van der Waals surface area contributed by atoms with Gasteiger partial charge in [0.1, 0.15) is 11.2 Å². The predicted octanol–water partition coefficient (Wildman–Crippen LogP) is 17.5. The van der Waals surface area contributed by atoms with E-state index in [1.807, 2.05) is 12.1 Å². The largest absolute Gasteiger partial charge is 0.456 e. The monoisotopic (exact) mass is 828 g/mol. The number of benzene rings is 11. The molecule has 11 aromatic carbocycles. The average molecular weight is 829 g/mol. The van der Waals surface area contributed by atoms with Crippen molar-refractivity contribution in [2.75, 3.05) is 4.90 Å². The summed E-state index contributed by atoms with van der Waals surface area (Å²) in [4.78, 5) is 2.37. The minimum Gasteiger partial charge on any atom is -0.456 e. The molecular formula is C62H40N2O. The van der Waals surface area contributed by atoms with Crippen LogP contribution in [0.5, 0.6) is 0 Å². The van der Waals surface area contributed by atoms with Gasteiger partial charge in [-0.15, -0.1) is 0 Å². The molecule has 0 N–H and O–H groups in total. The fourth-order valence-electron chi connectivity index (χ4n) is 9.97. The van der Waals surface area contributed by atoms with Gasteiger partial charge in [0.05, 0.1) is 11.0 Å². The summed E-state index contributed by atoms with van der Waals surface area (Å²) < 4.78 is 8.64. The van der Waals surface area contributed by atoms with Crippen LogP contribution in [0, 0.1) is 0 Å². The fraction of sp³-hybridized carbons (Fsp3) is 0. The lowest BCUT2D eigenvalue weighted by Gasteiger charge is -2.26. The number of fused-ring (bicyclic) bond motifs is 9. The summed E-state index contributed by atoms with van der Waals surface area (Å²) in [6.07, 6.45) is 0. The number of aromatic nitrogens is 1. The van der Waals surface area contributed by atoms with Crippen LogP contribution in [0.1, 0.15) is 0 Å². The molecule has 0 saturated carbocycles. The first-order valence-corrected chi connectivity index (χ1v) is 22.2. The zero-order valence-electron chi connectivity index (χ0n) is 35.4. The Labute approximate surface area is 376 Å². The summed E-state index contributed by atoms with van der Waals surface area (Å²) in [6.45, 7) is 0. The SMILES string of the molecule is c1cc(-c2ccc(-c3ccc(N(c4ccc(-c5ccc6c(c5)oc5ccccc56)cc4)c4ccc5ccc6ccccc6c5c4)cc3)cc2)cc(-n2c3ccccc3c3ccccc32)c1. The van der Waals surface area contributed by atoms with Crippen molar-refractivity contribution in [2.45, 2.75) is 0 Å². The maximum absolute atomic E-state index is 6.26. The lowest BCUT2D eigenvalue weighted by atomic mass is 9.99. The number of rotatable bonds is 7. The molecule has 0 aliphatic carbocycles. The Morgan fingerprint density at radius 2 is 0.754 bits per heavy atom. The summed E-state index contributed by atoms with van der Waals surface area (Å²) in [7, 11) is 0. The van der Waals surface area contributed by atoms with Gasteiger partial charge in [0.2, 0.25) is 0 Å². The van der Waals surface area contributed by atoms with Crippen molar-refractivity contribution in [1.29, 1.82) is 0 Å². The van der Waals surface area contributed by atoms with Gasteiger partial charge in [0.15, 0.2) is 0 Å². The summed E-state index contributed by atoms with van der Waals surface area (Å²) >= 11 is 0. The second-order valence-electron chi connectivity index (χ2n) is 16.9. The highest BCUT2D eigenvalue weighted by Crippen LogP contribution is 2.41. The number of hydrogen-bond donors (Lipinski definition) is 0. The summed E-state index contributed by atoms with van der Waals surface area (Å²) in [5.74, 6) is 0. The number of para-hydroxylation sites is 3. The lowest BCUT2D eigenvalue weighted by Crippen LogP contribution is -2.09. The Morgan fingerprint density at radius 3 is 1.43 bits per heavy atom. The quantitative estimate of drug-likeness (QED) is 0.149. The van der Waals surface area contributed by atoms with Crippen molar-refractivity contribution in [3.8, 4) is 39.1 Å². The third-order valence-electron chi connectivity index (χ3n) is 13.2. The van der Waals surface area contributed by atoms with E-state index in [4.69, 9.17) is 4.42 Å². The van der Waals surface area contributed by atoms with E-state index >= 15 is 0 Å². The first kappa shape index (κ1) is 36.9. The number of hydrogen-bond acceptors (Lipinski definition) is 2. The molecule has 2 aromatic heterocycles. The molecule has 0 aliphatic heterocycles. The molecule has 13 aromatic rings. The molecule has 65 heavy (non-hydrogen) atoms. The van der Waals surface area contributed by atoms with Gasteiger partial charge in [-0.2, -0.15) is 0 Å². The van der Waals surface area contributed by atoms with Gasteiger partial charge >= 0.3 is 0 Å². The van der Waals surface area contributed by atoms with Crippen molar-refractivity contribution >= 4 is 82.4 Å². The second kappa shape index (κ2) is 15.0. The van der Waals surface area contributed by atoms with Gasteiger partial charge in [0, 0.05) is 44.3 Å². The van der Waals surface area contributed by atoms with Crippen LogP contribution in [0.15, 0.2) is 247 Å². The van der Waals surface area contributed by atoms with E-state index in [1.54, 1.807) is 0 Å². The highest BCUT2D eigenvalue weighted by atomic mass is 16.3. The molecule has 3 heteroatoms. The van der Waals surface area contributed by atoms with Crippen molar-refractivity contribution in [3.63, 3.8) is 0 Å². The highest BCUT2D eigenvalue weighted by Gasteiger charge is 2.17. The van der Waals surface area contributed by atoms with Crippen LogP contribution in [0.2, 0.25) is 0 Å². The Balaban J connectivity index is 0.842. The molecule has 0 atom stereocenters. The molecule has 13 rings (SSSR count). The normalized spacial score (nSPS) is 11.7. The van der Waals surface area contributed by atoms with Crippen LogP contribution in [-0.4, -0.2) is 4.57 Å². The van der Waals surface area contributed by atoms with E-state index in [-0.39, 0.29) is 0 Å². The third-order valence-corrected chi connectivity index (χ3v) is 13.2. The number of furan rings is 1. The molecule has 0 amide bonds. The van der Waals surface area contributed by atoms with Crippen LogP contribution in [0.4, 0.5) is 17.1 Å².